The molecule has 0 aliphatic heterocycles. The van der Waals surface area contributed by atoms with Crippen molar-refractivity contribution in [2.24, 2.45) is 17.8 Å². The van der Waals surface area contributed by atoms with Crippen molar-refractivity contribution in [2.75, 3.05) is 0 Å². The summed E-state index contributed by atoms with van der Waals surface area (Å²) in [5.74, 6) is 2.09. The molecule has 0 aliphatic carbocycles. The lowest BCUT2D eigenvalue weighted by Gasteiger charge is -2.22. The first-order chi connectivity index (χ1) is 5.00. The predicted molar refractivity (Wildman–Crippen MR) is 52.6 cm³/mol. The maximum atomic E-state index is 4.15. The van der Waals surface area contributed by atoms with E-state index < -0.39 is 0 Å². The number of hydrogen-bond donors (Lipinski definition) is 0. The standard InChI is InChI=1S/C11H22/c1-7-9(4)11(6)10(5)8(2)3/h8-10H,6-7H2,1-5H3. The van der Waals surface area contributed by atoms with Crippen LogP contribution in [0.5, 0.6) is 0 Å². The largest absolute Gasteiger partial charge is 0.0993 e. The minimum absolute atomic E-state index is 0.671. The van der Waals surface area contributed by atoms with Gasteiger partial charge in [0.2, 0.25) is 0 Å². The lowest BCUT2D eigenvalue weighted by atomic mass is 9.83. The van der Waals surface area contributed by atoms with Crippen molar-refractivity contribution >= 4 is 0 Å². The summed E-state index contributed by atoms with van der Waals surface area (Å²) in [6.45, 7) is 15.4. The lowest BCUT2D eigenvalue weighted by molar-refractivity contribution is 0.432. The Labute approximate surface area is 71.7 Å². The molecule has 0 rings (SSSR count). The topological polar surface area (TPSA) is 0 Å². The van der Waals surface area contributed by atoms with E-state index in [2.05, 4.69) is 41.2 Å². The Hall–Kier alpha value is -0.260. The molecule has 0 spiro atoms. The fourth-order valence-electron chi connectivity index (χ4n) is 1.14. The highest BCUT2D eigenvalue weighted by molar-refractivity contribution is 5.03. The van der Waals surface area contributed by atoms with Crippen LogP contribution in [0, 0.1) is 17.8 Å². The van der Waals surface area contributed by atoms with Crippen LogP contribution < -0.4 is 0 Å². The van der Waals surface area contributed by atoms with Gasteiger partial charge in [0.25, 0.3) is 0 Å². The third-order valence-electron chi connectivity index (χ3n) is 2.83. The Morgan fingerprint density at radius 3 is 1.91 bits per heavy atom. The molecule has 2 atom stereocenters. The third-order valence-corrected chi connectivity index (χ3v) is 2.83. The predicted octanol–water partition coefficient (Wildman–Crippen LogP) is 3.88. The molecule has 0 aromatic rings. The van der Waals surface area contributed by atoms with Crippen LogP contribution >= 0.6 is 0 Å². The highest BCUT2D eigenvalue weighted by atomic mass is 14.2. The minimum Gasteiger partial charge on any atom is -0.0993 e. The molecular formula is C11H22. The summed E-state index contributed by atoms with van der Waals surface area (Å²) in [6, 6.07) is 0. The minimum atomic E-state index is 0.671. The molecule has 2 unspecified atom stereocenters. The van der Waals surface area contributed by atoms with Gasteiger partial charge in [-0.15, -0.1) is 0 Å². The van der Waals surface area contributed by atoms with Crippen molar-refractivity contribution in [1.82, 2.24) is 0 Å². The second kappa shape index (κ2) is 4.58. The van der Waals surface area contributed by atoms with Gasteiger partial charge in [0.15, 0.2) is 0 Å². The second-order valence-corrected chi connectivity index (χ2v) is 3.92. The Balaban J connectivity index is 4.02. The van der Waals surface area contributed by atoms with Crippen molar-refractivity contribution < 1.29 is 0 Å². The molecule has 0 aromatic heterocycles. The van der Waals surface area contributed by atoms with E-state index >= 15 is 0 Å². The van der Waals surface area contributed by atoms with Gasteiger partial charge in [0, 0.05) is 0 Å². The zero-order valence-electron chi connectivity index (χ0n) is 8.65. The van der Waals surface area contributed by atoms with Crippen LogP contribution in [0.2, 0.25) is 0 Å². The number of allylic oxidation sites excluding steroid dienone is 1. The van der Waals surface area contributed by atoms with Gasteiger partial charge in [-0.2, -0.15) is 0 Å². The Bertz CT molecular complexity index is 122. The molecule has 0 radical (unpaired) electrons. The smallest absolute Gasteiger partial charge is 0.0209 e. The molecule has 0 heterocycles. The van der Waals surface area contributed by atoms with E-state index in [0.717, 1.165) is 5.92 Å². The van der Waals surface area contributed by atoms with E-state index in [1.807, 2.05) is 0 Å². The van der Waals surface area contributed by atoms with E-state index in [4.69, 9.17) is 0 Å². The molecule has 0 aliphatic rings. The SMILES string of the molecule is C=C(C(C)CC)C(C)C(C)C. The summed E-state index contributed by atoms with van der Waals surface area (Å²) in [5, 5.41) is 0. The fourth-order valence-corrected chi connectivity index (χ4v) is 1.14. The summed E-state index contributed by atoms with van der Waals surface area (Å²) in [4.78, 5) is 0. The van der Waals surface area contributed by atoms with E-state index in [1.54, 1.807) is 0 Å². The van der Waals surface area contributed by atoms with Crippen LogP contribution in [0.25, 0.3) is 0 Å². The highest BCUT2D eigenvalue weighted by Crippen LogP contribution is 2.26. The van der Waals surface area contributed by atoms with Crippen LogP contribution in [-0.4, -0.2) is 0 Å². The molecule has 0 nitrogen and oxygen atoms in total. The molecule has 0 heteroatoms. The van der Waals surface area contributed by atoms with Crippen LogP contribution in [0.3, 0.4) is 0 Å². The summed E-state index contributed by atoms with van der Waals surface area (Å²) >= 11 is 0. The first kappa shape index (κ1) is 10.7. The second-order valence-electron chi connectivity index (χ2n) is 3.92. The molecule has 0 bridgehead atoms. The Morgan fingerprint density at radius 1 is 1.18 bits per heavy atom. The highest BCUT2D eigenvalue weighted by Gasteiger charge is 2.14. The average Bonchev–Trinajstić information content (AvgIpc) is 2.00. The molecule has 66 valence electrons. The van der Waals surface area contributed by atoms with E-state index in [9.17, 15) is 0 Å². The van der Waals surface area contributed by atoms with Gasteiger partial charge >= 0.3 is 0 Å². The fraction of sp³-hybridized carbons (Fsp3) is 0.818. The van der Waals surface area contributed by atoms with Gasteiger partial charge in [-0.05, 0) is 24.2 Å². The molecule has 0 fully saturated rings. The summed E-state index contributed by atoms with van der Waals surface area (Å²) in [5.41, 5.74) is 1.42. The van der Waals surface area contributed by atoms with E-state index in [0.29, 0.717) is 11.8 Å². The molecule has 0 amide bonds. The molecule has 0 saturated heterocycles. The molecule has 0 saturated carbocycles. The normalized spacial score (nSPS) is 16.5. The van der Waals surface area contributed by atoms with Crippen LogP contribution in [0.4, 0.5) is 0 Å². The molecule has 11 heavy (non-hydrogen) atoms. The van der Waals surface area contributed by atoms with Gasteiger partial charge in [-0.3, -0.25) is 0 Å². The zero-order chi connectivity index (χ0) is 9.02. The van der Waals surface area contributed by atoms with Gasteiger partial charge in [-0.25, -0.2) is 0 Å². The van der Waals surface area contributed by atoms with Crippen LogP contribution in [0.15, 0.2) is 12.2 Å². The number of hydrogen-bond acceptors (Lipinski definition) is 0. The third kappa shape index (κ3) is 3.09. The van der Waals surface area contributed by atoms with Crippen molar-refractivity contribution in [1.29, 1.82) is 0 Å². The van der Waals surface area contributed by atoms with Crippen LogP contribution in [-0.2, 0) is 0 Å². The number of rotatable bonds is 4. The Morgan fingerprint density at radius 2 is 1.64 bits per heavy atom. The van der Waals surface area contributed by atoms with Crippen molar-refractivity contribution in [3.05, 3.63) is 12.2 Å². The molecule has 0 aromatic carbocycles. The van der Waals surface area contributed by atoms with E-state index in [-0.39, 0.29) is 0 Å². The summed E-state index contributed by atoms with van der Waals surface area (Å²) < 4.78 is 0. The molecular weight excluding hydrogens is 132 g/mol. The Kier molecular flexibility index (Phi) is 4.48. The maximum Gasteiger partial charge on any atom is -0.0209 e. The van der Waals surface area contributed by atoms with Gasteiger partial charge in [0.05, 0.1) is 0 Å². The summed E-state index contributed by atoms with van der Waals surface area (Å²) in [7, 11) is 0. The first-order valence-corrected chi connectivity index (χ1v) is 4.69. The van der Waals surface area contributed by atoms with Crippen molar-refractivity contribution in [2.45, 2.75) is 41.0 Å². The van der Waals surface area contributed by atoms with Gasteiger partial charge in [-0.1, -0.05) is 46.8 Å². The van der Waals surface area contributed by atoms with Crippen molar-refractivity contribution in [3.8, 4) is 0 Å². The van der Waals surface area contributed by atoms with Crippen molar-refractivity contribution in [3.63, 3.8) is 0 Å². The monoisotopic (exact) mass is 154 g/mol. The first-order valence-electron chi connectivity index (χ1n) is 4.69. The van der Waals surface area contributed by atoms with Gasteiger partial charge < -0.3 is 0 Å². The van der Waals surface area contributed by atoms with Crippen LogP contribution in [0.1, 0.15) is 41.0 Å². The zero-order valence-corrected chi connectivity index (χ0v) is 8.65. The van der Waals surface area contributed by atoms with E-state index in [1.165, 1.54) is 12.0 Å². The lowest BCUT2D eigenvalue weighted by Crippen LogP contribution is -2.11. The summed E-state index contributed by atoms with van der Waals surface area (Å²) in [6.07, 6.45) is 1.22. The van der Waals surface area contributed by atoms with Gasteiger partial charge in [0.1, 0.15) is 0 Å². The average molecular weight is 154 g/mol. The molecule has 0 N–H and O–H groups in total. The maximum absolute atomic E-state index is 4.15. The quantitative estimate of drug-likeness (QED) is 0.539.